The molecule has 2 nitrogen and oxygen atoms in total. The zero-order chi connectivity index (χ0) is 12.8. The van der Waals surface area contributed by atoms with Crippen LogP contribution in [-0.2, 0) is 0 Å². The Balaban J connectivity index is 2.85. The summed E-state index contributed by atoms with van der Waals surface area (Å²) in [6.07, 6.45) is 3.03. The molecule has 1 atom stereocenters. The Hall–Kier alpha value is -0.610. The van der Waals surface area contributed by atoms with E-state index in [0.29, 0.717) is 5.56 Å². The fraction of sp³-hybridized carbons (Fsp3) is 0.462. The van der Waals surface area contributed by atoms with Gasteiger partial charge in [0.25, 0.3) is 5.91 Å². The van der Waals surface area contributed by atoms with Crippen LogP contribution in [0.5, 0.6) is 0 Å². The molecule has 0 aliphatic carbocycles. The van der Waals surface area contributed by atoms with Crippen molar-refractivity contribution in [3.8, 4) is 0 Å². The van der Waals surface area contributed by atoms with Gasteiger partial charge in [0.2, 0.25) is 0 Å². The molecule has 0 spiro atoms. The number of benzene rings is 1. The standard InChI is InChI=1S/C13H19NOS2/c1-4-10(9-17-3)14(2)13(15)11-7-5-6-8-12(11)16/h5-8,10,16H,4,9H2,1-3H3. The molecule has 0 bridgehead atoms. The lowest BCUT2D eigenvalue weighted by Gasteiger charge is -2.27. The topological polar surface area (TPSA) is 20.3 Å². The Morgan fingerprint density at radius 3 is 2.65 bits per heavy atom. The lowest BCUT2D eigenvalue weighted by Crippen LogP contribution is -2.38. The maximum absolute atomic E-state index is 12.3. The number of rotatable bonds is 5. The fourth-order valence-electron chi connectivity index (χ4n) is 1.71. The molecule has 0 aliphatic heterocycles. The Morgan fingerprint density at radius 1 is 1.47 bits per heavy atom. The van der Waals surface area contributed by atoms with Gasteiger partial charge >= 0.3 is 0 Å². The van der Waals surface area contributed by atoms with E-state index in [2.05, 4.69) is 25.8 Å². The summed E-state index contributed by atoms with van der Waals surface area (Å²) in [6.45, 7) is 2.11. The number of carbonyl (C=O) groups excluding carboxylic acids is 1. The maximum atomic E-state index is 12.3. The number of hydrogen-bond donors (Lipinski definition) is 1. The fourth-order valence-corrected chi connectivity index (χ4v) is 2.81. The summed E-state index contributed by atoms with van der Waals surface area (Å²) in [6, 6.07) is 7.71. The highest BCUT2D eigenvalue weighted by Crippen LogP contribution is 2.17. The van der Waals surface area contributed by atoms with E-state index in [1.807, 2.05) is 36.2 Å². The van der Waals surface area contributed by atoms with Gasteiger partial charge in [-0.2, -0.15) is 11.8 Å². The first-order chi connectivity index (χ1) is 8.11. The quantitative estimate of drug-likeness (QED) is 0.829. The number of thioether (sulfide) groups is 1. The van der Waals surface area contributed by atoms with Crippen molar-refractivity contribution in [2.45, 2.75) is 24.3 Å². The first-order valence-electron chi connectivity index (χ1n) is 5.65. The SMILES string of the molecule is CCC(CSC)N(C)C(=O)c1ccccc1S. The molecule has 0 aliphatic rings. The number of hydrogen-bond acceptors (Lipinski definition) is 3. The van der Waals surface area contributed by atoms with Crippen LogP contribution in [0.25, 0.3) is 0 Å². The molecule has 1 unspecified atom stereocenters. The van der Waals surface area contributed by atoms with E-state index in [1.54, 1.807) is 11.8 Å². The number of thiol groups is 1. The lowest BCUT2D eigenvalue weighted by molar-refractivity contribution is 0.0740. The highest BCUT2D eigenvalue weighted by atomic mass is 32.2. The van der Waals surface area contributed by atoms with Crippen molar-refractivity contribution < 1.29 is 4.79 Å². The average molecular weight is 269 g/mol. The third-order valence-corrected chi connectivity index (χ3v) is 3.94. The molecule has 1 aromatic carbocycles. The summed E-state index contributed by atoms with van der Waals surface area (Å²) in [5.41, 5.74) is 0.679. The van der Waals surface area contributed by atoms with Crippen LogP contribution < -0.4 is 0 Å². The zero-order valence-electron chi connectivity index (χ0n) is 10.5. The monoisotopic (exact) mass is 269 g/mol. The van der Waals surface area contributed by atoms with Gasteiger partial charge in [-0.25, -0.2) is 0 Å². The van der Waals surface area contributed by atoms with E-state index in [-0.39, 0.29) is 11.9 Å². The van der Waals surface area contributed by atoms with Crippen LogP contribution in [0.2, 0.25) is 0 Å². The highest BCUT2D eigenvalue weighted by molar-refractivity contribution is 7.98. The summed E-state index contributed by atoms with van der Waals surface area (Å²) in [5.74, 6) is 1.02. The van der Waals surface area contributed by atoms with Crippen LogP contribution in [-0.4, -0.2) is 35.9 Å². The van der Waals surface area contributed by atoms with Crippen LogP contribution in [0.15, 0.2) is 29.2 Å². The highest BCUT2D eigenvalue weighted by Gasteiger charge is 2.20. The average Bonchev–Trinajstić information content (AvgIpc) is 2.35. The Morgan fingerprint density at radius 2 is 2.12 bits per heavy atom. The van der Waals surface area contributed by atoms with E-state index in [1.165, 1.54) is 0 Å². The van der Waals surface area contributed by atoms with E-state index >= 15 is 0 Å². The van der Waals surface area contributed by atoms with Gasteiger partial charge in [0.15, 0.2) is 0 Å². The third kappa shape index (κ3) is 3.68. The number of nitrogens with zero attached hydrogens (tertiary/aromatic N) is 1. The van der Waals surface area contributed by atoms with Crippen LogP contribution in [0.1, 0.15) is 23.7 Å². The van der Waals surface area contributed by atoms with E-state index < -0.39 is 0 Å². The van der Waals surface area contributed by atoms with Crippen molar-refractivity contribution in [1.29, 1.82) is 0 Å². The van der Waals surface area contributed by atoms with Crippen molar-refractivity contribution >= 4 is 30.3 Å². The van der Waals surface area contributed by atoms with Crippen LogP contribution in [0.4, 0.5) is 0 Å². The molecule has 0 saturated heterocycles. The molecule has 0 fully saturated rings. The summed E-state index contributed by atoms with van der Waals surface area (Å²) in [5, 5.41) is 0. The molecular formula is C13H19NOS2. The van der Waals surface area contributed by atoms with Crippen molar-refractivity contribution in [3.05, 3.63) is 29.8 Å². The summed E-state index contributed by atoms with van der Waals surface area (Å²) >= 11 is 6.10. The third-order valence-electron chi connectivity index (χ3n) is 2.83. The van der Waals surface area contributed by atoms with Crippen molar-refractivity contribution in [3.63, 3.8) is 0 Å². The minimum atomic E-state index is 0.0523. The largest absolute Gasteiger partial charge is 0.338 e. The molecule has 1 aromatic rings. The first-order valence-corrected chi connectivity index (χ1v) is 7.50. The smallest absolute Gasteiger partial charge is 0.254 e. The van der Waals surface area contributed by atoms with Crippen molar-refractivity contribution in [1.82, 2.24) is 4.90 Å². The van der Waals surface area contributed by atoms with Gasteiger partial charge in [0.05, 0.1) is 5.56 Å². The zero-order valence-corrected chi connectivity index (χ0v) is 12.2. The Bertz CT molecular complexity index is 381. The van der Waals surface area contributed by atoms with E-state index in [4.69, 9.17) is 0 Å². The van der Waals surface area contributed by atoms with Gasteiger partial charge in [0, 0.05) is 23.7 Å². The number of carbonyl (C=O) groups is 1. The van der Waals surface area contributed by atoms with E-state index in [9.17, 15) is 4.79 Å². The second kappa shape index (κ2) is 6.97. The summed E-state index contributed by atoms with van der Waals surface area (Å²) < 4.78 is 0. The maximum Gasteiger partial charge on any atom is 0.254 e. The van der Waals surface area contributed by atoms with Crippen LogP contribution in [0.3, 0.4) is 0 Å². The van der Waals surface area contributed by atoms with E-state index in [0.717, 1.165) is 17.1 Å². The van der Waals surface area contributed by atoms with Gasteiger partial charge in [-0.3, -0.25) is 4.79 Å². The molecule has 0 N–H and O–H groups in total. The summed E-state index contributed by atoms with van der Waals surface area (Å²) in [4.78, 5) is 14.9. The molecule has 1 rings (SSSR count). The van der Waals surface area contributed by atoms with Gasteiger partial charge in [0.1, 0.15) is 0 Å². The molecule has 94 valence electrons. The molecule has 17 heavy (non-hydrogen) atoms. The van der Waals surface area contributed by atoms with Crippen molar-refractivity contribution in [2.75, 3.05) is 19.1 Å². The lowest BCUT2D eigenvalue weighted by atomic mass is 10.1. The molecule has 1 amide bonds. The first kappa shape index (κ1) is 14.5. The normalized spacial score (nSPS) is 12.2. The van der Waals surface area contributed by atoms with Crippen molar-refractivity contribution in [2.24, 2.45) is 0 Å². The second-order valence-electron chi connectivity index (χ2n) is 3.95. The van der Waals surface area contributed by atoms with Crippen LogP contribution >= 0.6 is 24.4 Å². The van der Waals surface area contributed by atoms with Gasteiger partial charge in [-0.1, -0.05) is 19.1 Å². The predicted molar refractivity (Wildman–Crippen MR) is 78.2 cm³/mol. The molecular weight excluding hydrogens is 250 g/mol. The Kier molecular flexibility index (Phi) is 5.92. The van der Waals surface area contributed by atoms with Gasteiger partial charge < -0.3 is 4.90 Å². The van der Waals surface area contributed by atoms with Gasteiger partial charge in [-0.05, 0) is 24.8 Å². The molecule has 4 heteroatoms. The Labute approximate surface area is 113 Å². The van der Waals surface area contributed by atoms with Gasteiger partial charge in [-0.15, -0.1) is 12.6 Å². The minimum absolute atomic E-state index is 0.0523. The second-order valence-corrected chi connectivity index (χ2v) is 5.34. The molecule has 0 saturated carbocycles. The minimum Gasteiger partial charge on any atom is -0.338 e. The number of amides is 1. The van der Waals surface area contributed by atoms with Crippen LogP contribution in [0, 0.1) is 0 Å². The molecule has 0 heterocycles. The predicted octanol–water partition coefficient (Wildman–Crippen LogP) is 3.19. The molecule has 0 radical (unpaired) electrons. The molecule has 0 aromatic heterocycles. The summed E-state index contributed by atoms with van der Waals surface area (Å²) in [7, 11) is 1.87.